The van der Waals surface area contributed by atoms with Crippen LogP contribution in [0.2, 0.25) is 0 Å². The van der Waals surface area contributed by atoms with Crippen LogP contribution in [0.4, 0.5) is 4.39 Å². The highest BCUT2D eigenvalue weighted by Gasteiger charge is 2.19. The lowest BCUT2D eigenvalue weighted by molar-refractivity contribution is 0.314. The predicted octanol–water partition coefficient (Wildman–Crippen LogP) is 2.76. The summed E-state index contributed by atoms with van der Waals surface area (Å²) < 4.78 is 19.3. The highest BCUT2D eigenvalue weighted by Crippen LogP contribution is 2.36. The second-order valence-corrected chi connectivity index (χ2v) is 4.26. The van der Waals surface area contributed by atoms with Crippen molar-refractivity contribution in [1.29, 1.82) is 0 Å². The molecule has 2 N–H and O–H groups in total. The highest BCUT2D eigenvalue weighted by atomic mass is 79.9. The summed E-state index contributed by atoms with van der Waals surface area (Å²) in [4.78, 5) is 0. The third-order valence-corrected chi connectivity index (χ3v) is 2.93. The van der Waals surface area contributed by atoms with Crippen molar-refractivity contribution in [3.05, 3.63) is 28.0 Å². The second-order valence-electron chi connectivity index (χ2n) is 3.40. The standard InChI is InChI=1S/C10H11BrFNO/c11-8-5-6(12)4-7-9(13)2-1-3-14-10(7)8/h4-5,9H,1-3,13H2/t9-/m1/s1. The molecule has 0 spiro atoms. The maximum Gasteiger partial charge on any atom is 0.138 e. The molecule has 1 atom stereocenters. The molecule has 0 bridgehead atoms. The average molecular weight is 260 g/mol. The van der Waals surface area contributed by atoms with Crippen LogP contribution in [0.3, 0.4) is 0 Å². The number of ether oxygens (including phenoxy) is 1. The number of fused-ring (bicyclic) bond motifs is 1. The monoisotopic (exact) mass is 259 g/mol. The molecule has 2 nitrogen and oxygen atoms in total. The largest absolute Gasteiger partial charge is 0.492 e. The Bertz CT molecular complexity index is 356. The van der Waals surface area contributed by atoms with E-state index in [1.54, 1.807) is 0 Å². The first-order chi connectivity index (χ1) is 6.68. The molecular formula is C10H11BrFNO. The Labute approximate surface area is 90.4 Å². The molecule has 2 rings (SSSR count). The van der Waals surface area contributed by atoms with Gasteiger partial charge in [0.05, 0.1) is 11.1 Å². The van der Waals surface area contributed by atoms with Crippen LogP contribution in [0.1, 0.15) is 24.4 Å². The lowest BCUT2D eigenvalue weighted by atomic mass is 10.0. The summed E-state index contributed by atoms with van der Waals surface area (Å²) in [5.74, 6) is 0.410. The van der Waals surface area contributed by atoms with Gasteiger partial charge in [-0.3, -0.25) is 0 Å². The summed E-state index contributed by atoms with van der Waals surface area (Å²) >= 11 is 3.27. The van der Waals surface area contributed by atoms with Gasteiger partial charge in [0.2, 0.25) is 0 Å². The van der Waals surface area contributed by atoms with Crippen molar-refractivity contribution in [2.45, 2.75) is 18.9 Å². The molecule has 1 aromatic carbocycles. The Kier molecular flexibility index (Phi) is 2.74. The van der Waals surface area contributed by atoms with Gasteiger partial charge < -0.3 is 10.5 Å². The van der Waals surface area contributed by atoms with Gasteiger partial charge in [-0.15, -0.1) is 0 Å². The van der Waals surface area contributed by atoms with E-state index < -0.39 is 0 Å². The van der Waals surface area contributed by atoms with Crippen LogP contribution in [0.15, 0.2) is 16.6 Å². The average Bonchev–Trinajstić information content (AvgIpc) is 2.29. The molecular weight excluding hydrogens is 249 g/mol. The first kappa shape index (κ1) is 9.93. The molecule has 76 valence electrons. The predicted molar refractivity (Wildman–Crippen MR) is 55.8 cm³/mol. The molecule has 0 amide bonds. The molecule has 0 fully saturated rings. The van der Waals surface area contributed by atoms with Crippen LogP contribution in [0, 0.1) is 5.82 Å². The smallest absolute Gasteiger partial charge is 0.138 e. The summed E-state index contributed by atoms with van der Waals surface area (Å²) in [6.45, 7) is 0.644. The van der Waals surface area contributed by atoms with Gasteiger partial charge in [0.25, 0.3) is 0 Å². The molecule has 1 aliphatic heterocycles. The fourth-order valence-corrected chi connectivity index (χ4v) is 2.20. The van der Waals surface area contributed by atoms with Crippen LogP contribution < -0.4 is 10.5 Å². The number of benzene rings is 1. The molecule has 0 saturated heterocycles. The van der Waals surface area contributed by atoms with Crippen LogP contribution in [-0.2, 0) is 0 Å². The summed E-state index contributed by atoms with van der Waals surface area (Å²) in [6, 6.07) is 2.73. The lowest BCUT2D eigenvalue weighted by Crippen LogP contribution is -2.09. The third kappa shape index (κ3) is 1.77. The normalized spacial score (nSPS) is 20.9. The van der Waals surface area contributed by atoms with Gasteiger partial charge in [0.1, 0.15) is 11.6 Å². The highest BCUT2D eigenvalue weighted by molar-refractivity contribution is 9.10. The Morgan fingerprint density at radius 1 is 1.50 bits per heavy atom. The molecule has 0 aromatic heterocycles. The fraction of sp³-hybridized carbons (Fsp3) is 0.400. The zero-order chi connectivity index (χ0) is 10.1. The maximum absolute atomic E-state index is 13.1. The number of nitrogens with two attached hydrogens (primary N) is 1. The minimum absolute atomic E-state index is 0.125. The van der Waals surface area contributed by atoms with Crippen molar-refractivity contribution in [2.75, 3.05) is 6.61 Å². The van der Waals surface area contributed by atoms with E-state index in [4.69, 9.17) is 10.5 Å². The van der Waals surface area contributed by atoms with E-state index in [0.717, 1.165) is 18.4 Å². The van der Waals surface area contributed by atoms with Crippen molar-refractivity contribution >= 4 is 15.9 Å². The van der Waals surface area contributed by atoms with Crippen LogP contribution in [-0.4, -0.2) is 6.61 Å². The van der Waals surface area contributed by atoms with Crippen molar-refractivity contribution in [3.63, 3.8) is 0 Å². The van der Waals surface area contributed by atoms with Gasteiger partial charge in [-0.05, 0) is 40.9 Å². The van der Waals surface area contributed by atoms with E-state index in [2.05, 4.69) is 15.9 Å². The molecule has 0 saturated carbocycles. The van der Waals surface area contributed by atoms with Gasteiger partial charge in [-0.25, -0.2) is 4.39 Å². The van der Waals surface area contributed by atoms with Crippen LogP contribution in [0.25, 0.3) is 0 Å². The molecule has 1 aromatic rings. The van der Waals surface area contributed by atoms with E-state index in [1.165, 1.54) is 12.1 Å². The minimum atomic E-state index is -0.281. The van der Waals surface area contributed by atoms with Gasteiger partial charge in [-0.1, -0.05) is 0 Å². The van der Waals surface area contributed by atoms with E-state index in [0.29, 0.717) is 16.8 Å². The van der Waals surface area contributed by atoms with E-state index in [9.17, 15) is 4.39 Å². The number of rotatable bonds is 0. The summed E-state index contributed by atoms with van der Waals surface area (Å²) in [5.41, 5.74) is 6.68. The summed E-state index contributed by atoms with van der Waals surface area (Å²) in [6.07, 6.45) is 1.74. The van der Waals surface area contributed by atoms with Gasteiger partial charge in [-0.2, -0.15) is 0 Å². The third-order valence-electron chi connectivity index (χ3n) is 2.34. The number of hydrogen-bond donors (Lipinski definition) is 1. The van der Waals surface area contributed by atoms with Gasteiger partial charge in [0.15, 0.2) is 0 Å². The Balaban J connectivity index is 2.53. The van der Waals surface area contributed by atoms with E-state index in [-0.39, 0.29) is 11.9 Å². The van der Waals surface area contributed by atoms with Crippen LogP contribution >= 0.6 is 15.9 Å². The van der Waals surface area contributed by atoms with Crippen LogP contribution in [0.5, 0.6) is 5.75 Å². The van der Waals surface area contributed by atoms with Crippen molar-refractivity contribution in [3.8, 4) is 5.75 Å². The van der Waals surface area contributed by atoms with Gasteiger partial charge in [0, 0.05) is 11.6 Å². The zero-order valence-electron chi connectivity index (χ0n) is 7.59. The van der Waals surface area contributed by atoms with Crippen molar-refractivity contribution in [1.82, 2.24) is 0 Å². The van der Waals surface area contributed by atoms with Gasteiger partial charge >= 0.3 is 0 Å². The summed E-state index contributed by atoms with van der Waals surface area (Å²) in [5, 5.41) is 0. The van der Waals surface area contributed by atoms with E-state index >= 15 is 0 Å². The molecule has 1 heterocycles. The first-order valence-corrected chi connectivity index (χ1v) is 5.35. The SMILES string of the molecule is N[C@@H]1CCCOc2c(Br)cc(F)cc21. The summed E-state index contributed by atoms with van der Waals surface area (Å²) in [7, 11) is 0. The molecule has 14 heavy (non-hydrogen) atoms. The lowest BCUT2D eigenvalue weighted by Gasteiger charge is -2.13. The molecule has 0 unspecified atom stereocenters. The zero-order valence-corrected chi connectivity index (χ0v) is 9.18. The Morgan fingerprint density at radius 3 is 3.07 bits per heavy atom. The molecule has 1 aliphatic rings. The van der Waals surface area contributed by atoms with Crippen molar-refractivity contribution < 1.29 is 9.13 Å². The Hall–Kier alpha value is -0.610. The molecule has 0 aliphatic carbocycles. The first-order valence-electron chi connectivity index (χ1n) is 4.56. The molecule has 0 radical (unpaired) electrons. The minimum Gasteiger partial charge on any atom is -0.492 e. The topological polar surface area (TPSA) is 35.2 Å². The van der Waals surface area contributed by atoms with E-state index in [1.807, 2.05) is 0 Å². The number of halogens is 2. The van der Waals surface area contributed by atoms with Crippen molar-refractivity contribution in [2.24, 2.45) is 5.73 Å². The number of hydrogen-bond acceptors (Lipinski definition) is 2. The Morgan fingerprint density at radius 2 is 2.29 bits per heavy atom. The maximum atomic E-state index is 13.1. The fourth-order valence-electron chi connectivity index (χ4n) is 1.64. The molecule has 4 heteroatoms. The quantitative estimate of drug-likeness (QED) is 0.778. The second kappa shape index (κ2) is 3.87.